The second-order valence-corrected chi connectivity index (χ2v) is 4.73. The van der Waals surface area contributed by atoms with E-state index < -0.39 is 5.97 Å². The Morgan fingerprint density at radius 2 is 2.06 bits per heavy atom. The molecule has 0 saturated heterocycles. The quantitative estimate of drug-likeness (QED) is 0.815. The molecule has 1 aliphatic rings. The van der Waals surface area contributed by atoms with Crippen molar-refractivity contribution >= 4 is 5.97 Å². The first-order valence-corrected chi connectivity index (χ1v) is 6.38. The summed E-state index contributed by atoms with van der Waals surface area (Å²) in [5, 5.41) is 16.8. The van der Waals surface area contributed by atoms with Crippen LogP contribution in [0.1, 0.15) is 56.7 Å². The van der Waals surface area contributed by atoms with E-state index in [1.54, 1.807) is 0 Å². The van der Waals surface area contributed by atoms with Crippen molar-refractivity contribution in [3.8, 4) is 0 Å². The molecule has 1 N–H and O–H groups in total. The molecule has 0 unspecified atom stereocenters. The molecule has 1 fully saturated rings. The number of aryl methyl sites for hydroxylation is 1. The van der Waals surface area contributed by atoms with Gasteiger partial charge in [-0.25, -0.2) is 4.68 Å². The monoisotopic (exact) mass is 237 g/mol. The van der Waals surface area contributed by atoms with Crippen molar-refractivity contribution in [2.75, 3.05) is 0 Å². The Hall–Kier alpha value is -1.39. The van der Waals surface area contributed by atoms with Crippen molar-refractivity contribution in [3.05, 3.63) is 11.9 Å². The van der Waals surface area contributed by atoms with Crippen LogP contribution in [0.15, 0.2) is 6.20 Å². The van der Waals surface area contributed by atoms with Gasteiger partial charge in [-0.05, 0) is 12.8 Å². The largest absolute Gasteiger partial charge is 0.481 e. The number of carboxylic acids is 1. The number of hydrogen-bond acceptors (Lipinski definition) is 3. The van der Waals surface area contributed by atoms with Crippen LogP contribution in [0.2, 0.25) is 0 Å². The van der Waals surface area contributed by atoms with Crippen LogP contribution in [-0.2, 0) is 11.2 Å². The number of aromatic nitrogens is 3. The SMILES string of the molecule is O=C(O)CCc1cn(C2CCCCCC2)nn1. The third kappa shape index (κ3) is 3.54. The maximum Gasteiger partial charge on any atom is 0.303 e. The van der Waals surface area contributed by atoms with Crippen LogP contribution >= 0.6 is 0 Å². The van der Waals surface area contributed by atoms with Gasteiger partial charge in [0, 0.05) is 12.6 Å². The van der Waals surface area contributed by atoms with Crippen molar-refractivity contribution in [2.45, 2.75) is 57.4 Å². The van der Waals surface area contributed by atoms with Gasteiger partial charge >= 0.3 is 5.97 Å². The van der Waals surface area contributed by atoms with E-state index in [0.29, 0.717) is 12.5 Å². The average Bonchev–Trinajstić information content (AvgIpc) is 2.60. The zero-order valence-corrected chi connectivity index (χ0v) is 10.0. The van der Waals surface area contributed by atoms with Gasteiger partial charge in [-0.3, -0.25) is 4.79 Å². The van der Waals surface area contributed by atoms with Gasteiger partial charge in [0.1, 0.15) is 0 Å². The van der Waals surface area contributed by atoms with Gasteiger partial charge in [-0.1, -0.05) is 30.9 Å². The Morgan fingerprint density at radius 1 is 1.35 bits per heavy atom. The summed E-state index contributed by atoms with van der Waals surface area (Å²) in [6, 6.07) is 0.462. The first kappa shape index (κ1) is 12.1. The molecule has 0 atom stereocenters. The van der Waals surface area contributed by atoms with Gasteiger partial charge in [0.05, 0.1) is 18.2 Å². The van der Waals surface area contributed by atoms with Crippen molar-refractivity contribution in [2.24, 2.45) is 0 Å². The third-order valence-corrected chi connectivity index (χ3v) is 3.35. The fourth-order valence-corrected chi connectivity index (χ4v) is 2.36. The molecular formula is C12H19N3O2. The maximum atomic E-state index is 10.5. The van der Waals surface area contributed by atoms with Gasteiger partial charge in [-0.15, -0.1) is 5.10 Å². The highest BCUT2D eigenvalue weighted by atomic mass is 16.4. The summed E-state index contributed by atoms with van der Waals surface area (Å²) >= 11 is 0. The number of hydrogen-bond donors (Lipinski definition) is 1. The molecule has 2 rings (SSSR count). The molecule has 0 aliphatic heterocycles. The minimum atomic E-state index is -0.783. The number of carboxylic acid groups (broad SMARTS) is 1. The van der Waals surface area contributed by atoms with Crippen LogP contribution in [0.5, 0.6) is 0 Å². The van der Waals surface area contributed by atoms with Crippen molar-refractivity contribution in [3.63, 3.8) is 0 Å². The van der Waals surface area contributed by atoms with Crippen LogP contribution < -0.4 is 0 Å². The summed E-state index contributed by atoms with van der Waals surface area (Å²) in [5.41, 5.74) is 0.789. The standard InChI is InChI=1S/C12H19N3O2/c16-12(17)8-7-10-9-15(14-13-10)11-5-3-1-2-4-6-11/h9,11H,1-8H2,(H,16,17). The fourth-order valence-electron chi connectivity index (χ4n) is 2.36. The van der Waals surface area contributed by atoms with E-state index in [4.69, 9.17) is 5.11 Å². The summed E-state index contributed by atoms with van der Waals surface area (Å²) in [6.07, 6.45) is 10.0. The lowest BCUT2D eigenvalue weighted by Gasteiger charge is -2.12. The van der Waals surface area contributed by atoms with E-state index in [9.17, 15) is 4.79 Å². The summed E-state index contributed by atoms with van der Waals surface area (Å²) in [6.45, 7) is 0. The zero-order chi connectivity index (χ0) is 12.1. The Balaban J connectivity index is 1.94. The summed E-state index contributed by atoms with van der Waals surface area (Å²) in [4.78, 5) is 10.5. The molecule has 1 aromatic heterocycles. The Bertz CT molecular complexity index is 368. The van der Waals surface area contributed by atoms with Gasteiger partial charge in [-0.2, -0.15) is 0 Å². The van der Waals surface area contributed by atoms with E-state index in [1.807, 2.05) is 10.9 Å². The lowest BCUT2D eigenvalue weighted by Crippen LogP contribution is -2.08. The molecule has 0 spiro atoms. The molecule has 0 amide bonds. The van der Waals surface area contributed by atoms with Gasteiger partial charge in [0.15, 0.2) is 0 Å². The molecule has 1 aromatic rings. The van der Waals surface area contributed by atoms with Crippen LogP contribution in [0.4, 0.5) is 0 Å². The molecule has 1 heterocycles. The predicted molar refractivity (Wildman–Crippen MR) is 62.7 cm³/mol. The van der Waals surface area contributed by atoms with Crippen molar-refractivity contribution in [1.82, 2.24) is 15.0 Å². The molecule has 0 radical (unpaired) electrons. The van der Waals surface area contributed by atoms with E-state index in [1.165, 1.54) is 38.5 Å². The van der Waals surface area contributed by atoms with Gasteiger partial charge in [0.2, 0.25) is 0 Å². The fraction of sp³-hybridized carbons (Fsp3) is 0.750. The van der Waals surface area contributed by atoms with E-state index in [0.717, 1.165) is 5.69 Å². The van der Waals surface area contributed by atoms with Crippen LogP contribution in [-0.4, -0.2) is 26.1 Å². The smallest absolute Gasteiger partial charge is 0.303 e. The zero-order valence-electron chi connectivity index (χ0n) is 10.0. The minimum absolute atomic E-state index is 0.128. The first-order valence-electron chi connectivity index (χ1n) is 6.38. The van der Waals surface area contributed by atoms with Gasteiger partial charge in [0.25, 0.3) is 0 Å². The number of aliphatic carboxylic acids is 1. The molecule has 0 bridgehead atoms. The average molecular weight is 237 g/mol. The molecule has 0 aromatic carbocycles. The summed E-state index contributed by atoms with van der Waals surface area (Å²) in [7, 11) is 0. The molecule has 1 saturated carbocycles. The summed E-state index contributed by atoms with van der Waals surface area (Å²) in [5.74, 6) is -0.783. The van der Waals surface area contributed by atoms with E-state index >= 15 is 0 Å². The number of nitrogens with zero attached hydrogens (tertiary/aromatic N) is 3. The molecule has 17 heavy (non-hydrogen) atoms. The molecule has 5 nitrogen and oxygen atoms in total. The Morgan fingerprint density at radius 3 is 2.71 bits per heavy atom. The molecule has 5 heteroatoms. The lowest BCUT2D eigenvalue weighted by molar-refractivity contribution is -0.136. The van der Waals surface area contributed by atoms with Gasteiger partial charge < -0.3 is 5.11 Å². The summed E-state index contributed by atoms with van der Waals surface area (Å²) < 4.78 is 1.93. The number of carbonyl (C=O) groups is 1. The second-order valence-electron chi connectivity index (χ2n) is 4.73. The molecule has 94 valence electrons. The van der Waals surface area contributed by atoms with Crippen molar-refractivity contribution < 1.29 is 9.90 Å². The third-order valence-electron chi connectivity index (χ3n) is 3.35. The Kier molecular flexibility index (Phi) is 4.12. The van der Waals surface area contributed by atoms with E-state index in [-0.39, 0.29) is 6.42 Å². The van der Waals surface area contributed by atoms with E-state index in [2.05, 4.69) is 10.3 Å². The normalized spacial score (nSPS) is 17.9. The minimum Gasteiger partial charge on any atom is -0.481 e. The highest BCUT2D eigenvalue weighted by Crippen LogP contribution is 2.26. The highest BCUT2D eigenvalue weighted by molar-refractivity contribution is 5.66. The Labute approximate surface area is 101 Å². The highest BCUT2D eigenvalue weighted by Gasteiger charge is 2.15. The lowest BCUT2D eigenvalue weighted by atomic mass is 10.1. The van der Waals surface area contributed by atoms with Crippen molar-refractivity contribution in [1.29, 1.82) is 0 Å². The van der Waals surface area contributed by atoms with Crippen LogP contribution in [0, 0.1) is 0 Å². The maximum absolute atomic E-state index is 10.5. The van der Waals surface area contributed by atoms with Crippen LogP contribution in [0.3, 0.4) is 0 Å². The predicted octanol–water partition coefficient (Wildman–Crippen LogP) is 2.19. The molecular weight excluding hydrogens is 218 g/mol. The topological polar surface area (TPSA) is 68.0 Å². The molecule has 1 aliphatic carbocycles. The second kappa shape index (κ2) is 5.80. The van der Waals surface area contributed by atoms with Crippen LogP contribution in [0.25, 0.3) is 0 Å². The number of rotatable bonds is 4. The first-order chi connectivity index (χ1) is 8.25.